The molecular weight excluding hydrogens is 296 g/mol. The standard InChI is InChI=1S/C18H32N2O.ClH/c1-19-10-7-14-8-11-20(12-9-14)18(21)17-13-16(17)15-5-3-2-4-6-15;/h14-17,19H,2-13H2,1H3;1H. The van der Waals surface area contributed by atoms with Crippen molar-refractivity contribution >= 4 is 18.3 Å². The summed E-state index contributed by atoms with van der Waals surface area (Å²) in [5, 5.41) is 3.24. The first-order valence-electron chi connectivity index (χ1n) is 9.23. The fourth-order valence-corrected chi connectivity index (χ4v) is 4.61. The van der Waals surface area contributed by atoms with Crippen molar-refractivity contribution in [2.45, 2.75) is 57.8 Å². The van der Waals surface area contributed by atoms with Crippen LogP contribution in [0.3, 0.4) is 0 Å². The van der Waals surface area contributed by atoms with Crippen LogP contribution in [0.4, 0.5) is 0 Å². The summed E-state index contributed by atoms with van der Waals surface area (Å²) in [6.07, 6.45) is 11.9. The van der Waals surface area contributed by atoms with E-state index in [9.17, 15) is 4.79 Å². The van der Waals surface area contributed by atoms with E-state index in [0.717, 1.165) is 37.4 Å². The predicted octanol–water partition coefficient (Wildman–Crippen LogP) is 3.47. The number of hydrogen-bond donors (Lipinski definition) is 1. The predicted molar refractivity (Wildman–Crippen MR) is 93.3 cm³/mol. The van der Waals surface area contributed by atoms with Gasteiger partial charge in [0.15, 0.2) is 0 Å². The van der Waals surface area contributed by atoms with Gasteiger partial charge in [0.25, 0.3) is 0 Å². The molecule has 1 heterocycles. The molecule has 128 valence electrons. The normalized spacial score (nSPS) is 30.0. The minimum absolute atomic E-state index is 0. The molecule has 1 amide bonds. The first-order chi connectivity index (χ1) is 10.3. The van der Waals surface area contributed by atoms with Gasteiger partial charge in [-0.2, -0.15) is 0 Å². The number of nitrogens with zero attached hydrogens (tertiary/aromatic N) is 1. The van der Waals surface area contributed by atoms with E-state index < -0.39 is 0 Å². The van der Waals surface area contributed by atoms with E-state index >= 15 is 0 Å². The molecule has 3 aliphatic rings. The van der Waals surface area contributed by atoms with Crippen LogP contribution in [0.2, 0.25) is 0 Å². The molecule has 4 heteroatoms. The lowest BCUT2D eigenvalue weighted by atomic mass is 9.85. The Morgan fingerprint density at radius 2 is 1.77 bits per heavy atom. The van der Waals surface area contributed by atoms with Gasteiger partial charge in [-0.05, 0) is 57.0 Å². The second kappa shape index (κ2) is 8.54. The van der Waals surface area contributed by atoms with Crippen LogP contribution in [0.15, 0.2) is 0 Å². The van der Waals surface area contributed by atoms with E-state index in [0.29, 0.717) is 11.8 Å². The van der Waals surface area contributed by atoms with Crippen molar-refractivity contribution in [3.8, 4) is 0 Å². The van der Waals surface area contributed by atoms with Crippen LogP contribution in [0, 0.1) is 23.7 Å². The van der Waals surface area contributed by atoms with Crippen LogP contribution in [-0.2, 0) is 4.79 Å². The molecule has 22 heavy (non-hydrogen) atoms. The molecule has 1 saturated heterocycles. The van der Waals surface area contributed by atoms with Crippen LogP contribution in [0.25, 0.3) is 0 Å². The summed E-state index contributed by atoms with van der Waals surface area (Å²) in [6.45, 7) is 3.15. The van der Waals surface area contributed by atoms with Gasteiger partial charge in [-0.1, -0.05) is 32.1 Å². The first kappa shape index (κ1) is 18.1. The molecule has 2 saturated carbocycles. The van der Waals surface area contributed by atoms with E-state index in [-0.39, 0.29) is 12.4 Å². The summed E-state index contributed by atoms with van der Waals surface area (Å²) in [5.41, 5.74) is 0. The Morgan fingerprint density at radius 3 is 2.41 bits per heavy atom. The molecule has 0 aromatic rings. The summed E-state index contributed by atoms with van der Waals surface area (Å²) in [6, 6.07) is 0. The zero-order valence-corrected chi connectivity index (χ0v) is 14.9. The van der Waals surface area contributed by atoms with Crippen molar-refractivity contribution in [2.24, 2.45) is 23.7 Å². The molecule has 0 aromatic carbocycles. The number of nitrogens with one attached hydrogen (secondary N) is 1. The molecule has 3 rings (SSSR count). The minimum Gasteiger partial charge on any atom is -0.342 e. The number of piperidine rings is 1. The molecule has 0 spiro atoms. The van der Waals surface area contributed by atoms with Gasteiger partial charge in [0.2, 0.25) is 5.91 Å². The van der Waals surface area contributed by atoms with Crippen LogP contribution < -0.4 is 5.32 Å². The molecule has 0 aromatic heterocycles. The molecule has 0 bridgehead atoms. The second-order valence-corrected chi connectivity index (χ2v) is 7.57. The lowest BCUT2D eigenvalue weighted by Gasteiger charge is -2.32. The van der Waals surface area contributed by atoms with Crippen LogP contribution in [0.1, 0.15) is 57.8 Å². The van der Waals surface area contributed by atoms with Crippen LogP contribution >= 0.6 is 12.4 Å². The number of amides is 1. The third-order valence-corrected chi connectivity index (χ3v) is 6.14. The lowest BCUT2D eigenvalue weighted by molar-refractivity contribution is -0.134. The van der Waals surface area contributed by atoms with Gasteiger partial charge in [0, 0.05) is 19.0 Å². The topological polar surface area (TPSA) is 32.3 Å². The fourth-order valence-electron chi connectivity index (χ4n) is 4.61. The molecule has 2 unspecified atom stereocenters. The van der Waals surface area contributed by atoms with Gasteiger partial charge in [0.05, 0.1) is 0 Å². The summed E-state index contributed by atoms with van der Waals surface area (Å²) < 4.78 is 0. The zero-order valence-electron chi connectivity index (χ0n) is 14.1. The van der Waals surface area contributed by atoms with Gasteiger partial charge < -0.3 is 10.2 Å². The average molecular weight is 329 g/mol. The maximum absolute atomic E-state index is 12.6. The maximum Gasteiger partial charge on any atom is 0.225 e. The van der Waals surface area contributed by atoms with E-state index in [1.807, 2.05) is 7.05 Å². The Kier molecular flexibility index (Phi) is 7.01. The van der Waals surface area contributed by atoms with Crippen molar-refractivity contribution in [1.82, 2.24) is 10.2 Å². The van der Waals surface area contributed by atoms with Crippen LogP contribution in [-0.4, -0.2) is 37.5 Å². The summed E-state index contributed by atoms with van der Waals surface area (Å²) in [5.74, 6) is 3.36. The third kappa shape index (κ3) is 4.38. The minimum atomic E-state index is 0. The quantitative estimate of drug-likeness (QED) is 0.838. The highest BCUT2D eigenvalue weighted by molar-refractivity contribution is 5.85. The highest BCUT2D eigenvalue weighted by atomic mass is 35.5. The van der Waals surface area contributed by atoms with Gasteiger partial charge in [-0.15, -0.1) is 12.4 Å². The molecule has 1 N–H and O–H groups in total. The van der Waals surface area contributed by atoms with Gasteiger partial charge >= 0.3 is 0 Å². The number of hydrogen-bond acceptors (Lipinski definition) is 2. The van der Waals surface area contributed by atoms with Gasteiger partial charge in [-0.25, -0.2) is 0 Å². The smallest absolute Gasteiger partial charge is 0.225 e. The van der Waals surface area contributed by atoms with Crippen molar-refractivity contribution in [3.63, 3.8) is 0 Å². The van der Waals surface area contributed by atoms with Crippen molar-refractivity contribution in [3.05, 3.63) is 0 Å². The number of rotatable bonds is 5. The Labute approximate surface area is 142 Å². The monoisotopic (exact) mass is 328 g/mol. The molecule has 2 aliphatic carbocycles. The van der Waals surface area contributed by atoms with E-state index in [1.54, 1.807) is 0 Å². The highest BCUT2D eigenvalue weighted by Crippen LogP contribution is 2.50. The summed E-state index contributed by atoms with van der Waals surface area (Å²) >= 11 is 0. The Bertz CT molecular complexity index is 349. The fraction of sp³-hybridized carbons (Fsp3) is 0.944. The van der Waals surface area contributed by atoms with Gasteiger partial charge in [0.1, 0.15) is 0 Å². The maximum atomic E-state index is 12.6. The first-order valence-corrected chi connectivity index (χ1v) is 9.23. The second-order valence-electron chi connectivity index (χ2n) is 7.57. The molecule has 3 fully saturated rings. The summed E-state index contributed by atoms with van der Waals surface area (Å²) in [7, 11) is 2.02. The molecule has 3 nitrogen and oxygen atoms in total. The number of halogens is 1. The van der Waals surface area contributed by atoms with E-state index in [1.165, 1.54) is 57.8 Å². The Balaban J connectivity index is 0.00000176. The highest BCUT2D eigenvalue weighted by Gasteiger charge is 2.48. The van der Waals surface area contributed by atoms with Crippen molar-refractivity contribution < 1.29 is 4.79 Å². The van der Waals surface area contributed by atoms with E-state index in [4.69, 9.17) is 0 Å². The molecule has 0 radical (unpaired) electrons. The van der Waals surface area contributed by atoms with Crippen molar-refractivity contribution in [1.29, 1.82) is 0 Å². The Morgan fingerprint density at radius 1 is 1.09 bits per heavy atom. The SMILES string of the molecule is CNCCC1CCN(C(=O)C2CC2C2CCCCC2)CC1.Cl. The number of likely N-dealkylation sites (tertiary alicyclic amines) is 1. The lowest BCUT2D eigenvalue weighted by Crippen LogP contribution is -2.40. The zero-order chi connectivity index (χ0) is 14.7. The van der Waals surface area contributed by atoms with Crippen LogP contribution in [0.5, 0.6) is 0 Å². The number of carbonyl (C=O) groups is 1. The molecule has 1 aliphatic heterocycles. The largest absolute Gasteiger partial charge is 0.342 e. The third-order valence-electron chi connectivity index (χ3n) is 6.14. The molecule has 2 atom stereocenters. The van der Waals surface area contributed by atoms with Gasteiger partial charge in [-0.3, -0.25) is 4.79 Å². The Hall–Kier alpha value is -0.280. The summed E-state index contributed by atoms with van der Waals surface area (Å²) in [4.78, 5) is 14.8. The average Bonchev–Trinajstić information content (AvgIpc) is 3.34. The van der Waals surface area contributed by atoms with Crippen molar-refractivity contribution in [2.75, 3.05) is 26.7 Å². The van der Waals surface area contributed by atoms with E-state index in [2.05, 4.69) is 10.2 Å². The molecular formula is C18H33ClN2O. The number of carbonyl (C=O) groups excluding carboxylic acids is 1.